The number of carbonyl (C=O) groups is 1. The Morgan fingerprint density at radius 3 is 2.62 bits per heavy atom. The van der Waals surface area contributed by atoms with E-state index in [1.165, 1.54) is 0 Å². The molecule has 1 heterocycles. The van der Waals surface area contributed by atoms with E-state index in [4.69, 9.17) is 19.3 Å². The molecule has 134 valence electrons. The lowest BCUT2D eigenvalue weighted by Gasteiger charge is -2.24. The SMILES string of the molecule is COc1ccc(CN2CCNCC(CC(=O)O)C2)c(OC)c1OC. The van der Waals surface area contributed by atoms with Crippen molar-refractivity contribution < 1.29 is 24.1 Å². The van der Waals surface area contributed by atoms with Crippen LogP contribution in [0.5, 0.6) is 17.2 Å². The third kappa shape index (κ3) is 4.52. The number of benzene rings is 1. The predicted octanol–water partition coefficient (Wildman–Crippen LogP) is 1.21. The van der Waals surface area contributed by atoms with Crippen LogP contribution in [0.1, 0.15) is 12.0 Å². The normalized spacial score (nSPS) is 18.7. The molecular formula is C17H26N2O5. The third-order valence-electron chi connectivity index (χ3n) is 4.20. The minimum atomic E-state index is -0.757. The van der Waals surface area contributed by atoms with Crippen molar-refractivity contribution in [2.75, 3.05) is 47.5 Å². The number of nitrogens with zero attached hydrogens (tertiary/aromatic N) is 1. The Morgan fingerprint density at radius 1 is 1.25 bits per heavy atom. The van der Waals surface area contributed by atoms with Gasteiger partial charge < -0.3 is 24.6 Å². The predicted molar refractivity (Wildman–Crippen MR) is 90.0 cm³/mol. The molecule has 2 N–H and O–H groups in total. The monoisotopic (exact) mass is 338 g/mol. The van der Waals surface area contributed by atoms with Gasteiger partial charge >= 0.3 is 5.97 Å². The van der Waals surface area contributed by atoms with E-state index in [0.29, 0.717) is 23.8 Å². The average Bonchev–Trinajstić information content (AvgIpc) is 2.78. The number of carboxylic acids is 1. The standard InChI is InChI=1S/C17H26N2O5/c1-22-14-5-4-13(16(23-2)17(14)24-3)11-19-7-6-18-9-12(10-19)8-15(20)21/h4-5,12,18H,6-11H2,1-3H3,(H,20,21). The molecule has 0 aliphatic carbocycles. The lowest BCUT2D eigenvalue weighted by atomic mass is 10.0. The van der Waals surface area contributed by atoms with Gasteiger partial charge in [0, 0.05) is 31.7 Å². The van der Waals surface area contributed by atoms with Crippen molar-refractivity contribution in [2.24, 2.45) is 5.92 Å². The summed E-state index contributed by atoms with van der Waals surface area (Å²) in [5, 5.41) is 12.4. The first-order chi connectivity index (χ1) is 11.6. The van der Waals surface area contributed by atoms with E-state index in [0.717, 1.165) is 31.7 Å². The maximum Gasteiger partial charge on any atom is 0.303 e. The molecular weight excluding hydrogens is 312 g/mol. The van der Waals surface area contributed by atoms with E-state index < -0.39 is 5.97 Å². The van der Waals surface area contributed by atoms with E-state index in [-0.39, 0.29) is 12.3 Å². The summed E-state index contributed by atoms with van der Waals surface area (Å²) in [6.45, 7) is 3.82. The van der Waals surface area contributed by atoms with Crippen LogP contribution in [0.25, 0.3) is 0 Å². The lowest BCUT2D eigenvalue weighted by molar-refractivity contribution is -0.138. The van der Waals surface area contributed by atoms with E-state index in [2.05, 4.69) is 10.2 Å². The van der Waals surface area contributed by atoms with Gasteiger partial charge in [-0.3, -0.25) is 9.69 Å². The molecule has 7 nitrogen and oxygen atoms in total. The van der Waals surface area contributed by atoms with Crippen LogP contribution < -0.4 is 19.5 Å². The highest BCUT2D eigenvalue weighted by Crippen LogP contribution is 2.40. The van der Waals surface area contributed by atoms with Gasteiger partial charge in [-0.25, -0.2) is 0 Å². The zero-order valence-electron chi connectivity index (χ0n) is 14.5. The first-order valence-corrected chi connectivity index (χ1v) is 8.01. The van der Waals surface area contributed by atoms with Crippen LogP contribution in [0.3, 0.4) is 0 Å². The minimum Gasteiger partial charge on any atom is -0.493 e. The summed E-state index contributed by atoms with van der Waals surface area (Å²) in [4.78, 5) is 13.2. The summed E-state index contributed by atoms with van der Waals surface area (Å²) in [7, 11) is 4.79. The molecule has 1 aromatic rings. The quantitative estimate of drug-likeness (QED) is 0.773. The smallest absolute Gasteiger partial charge is 0.303 e. The van der Waals surface area contributed by atoms with E-state index in [1.54, 1.807) is 21.3 Å². The first-order valence-electron chi connectivity index (χ1n) is 8.01. The number of hydrogen-bond acceptors (Lipinski definition) is 6. The van der Waals surface area contributed by atoms with E-state index >= 15 is 0 Å². The molecule has 0 aromatic heterocycles. The zero-order chi connectivity index (χ0) is 17.5. The minimum absolute atomic E-state index is 0.0936. The Hall–Kier alpha value is -1.99. The molecule has 1 aliphatic heterocycles. The second-order valence-corrected chi connectivity index (χ2v) is 5.90. The Balaban J connectivity index is 2.18. The Kier molecular flexibility index (Phi) is 6.69. The van der Waals surface area contributed by atoms with Crippen molar-refractivity contribution in [3.63, 3.8) is 0 Å². The Morgan fingerprint density at radius 2 is 2.00 bits per heavy atom. The second-order valence-electron chi connectivity index (χ2n) is 5.90. The topological polar surface area (TPSA) is 80.3 Å². The molecule has 1 atom stereocenters. The van der Waals surface area contributed by atoms with Crippen LogP contribution in [0, 0.1) is 5.92 Å². The largest absolute Gasteiger partial charge is 0.493 e. The van der Waals surface area contributed by atoms with Gasteiger partial charge in [-0.1, -0.05) is 6.07 Å². The lowest BCUT2D eigenvalue weighted by Crippen LogP contribution is -2.30. The number of aliphatic carboxylic acids is 1. The number of hydrogen-bond donors (Lipinski definition) is 2. The van der Waals surface area contributed by atoms with Crippen LogP contribution in [-0.4, -0.2) is 63.5 Å². The van der Waals surface area contributed by atoms with Gasteiger partial charge in [0.2, 0.25) is 5.75 Å². The van der Waals surface area contributed by atoms with Gasteiger partial charge in [0.05, 0.1) is 27.8 Å². The summed E-state index contributed by atoms with van der Waals surface area (Å²) >= 11 is 0. The first kappa shape index (κ1) is 18.4. The number of ether oxygens (including phenoxy) is 3. The summed E-state index contributed by atoms with van der Waals surface area (Å²) in [5.41, 5.74) is 0.992. The fourth-order valence-electron chi connectivity index (χ4n) is 3.12. The molecule has 1 saturated heterocycles. The molecule has 1 aromatic carbocycles. The number of rotatable bonds is 7. The highest BCUT2D eigenvalue weighted by atomic mass is 16.5. The highest BCUT2D eigenvalue weighted by Gasteiger charge is 2.23. The van der Waals surface area contributed by atoms with Crippen LogP contribution in [-0.2, 0) is 11.3 Å². The van der Waals surface area contributed by atoms with Gasteiger partial charge in [0.15, 0.2) is 11.5 Å². The van der Waals surface area contributed by atoms with Crippen LogP contribution in [0.4, 0.5) is 0 Å². The van der Waals surface area contributed by atoms with Gasteiger partial charge in [0.25, 0.3) is 0 Å². The van der Waals surface area contributed by atoms with Gasteiger partial charge in [0.1, 0.15) is 0 Å². The van der Waals surface area contributed by atoms with E-state index in [9.17, 15) is 4.79 Å². The maximum absolute atomic E-state index is 11.0. The Labute approximate surface area is 142 Å². The summed E-state index contributed by atoms with van der Waals surface area (Å²) in [6, 6.07) is 3.83. The molecule has 1 unspecified atom stereocenters. The molecule has 0 bridgehead atoms. The van der Waals surface area contributed by atoms with Crippen LogP contribution in [0.15, 0.2) is 12.1 Å². The molecule has 0 radical (unpaired) electrons. The molecule has 0 saturated carbocycles. The molecule has 1 fully saturated rings. The fourth-order valence-corrected chi connectivity index (χ4v) is 3.12. The van der Waals surface area contributed by atoms with Crippen molar-refractivity contribution in [1.29, 1.82) is 0 Å². The zero-order valence-corrected chi connectivity index (χ0v) is 14.5. The summed E-state index contributed by atoms with van der Waals surface area (Å²) in [5.74, 6) is 1.19. The van der Waals surface area contributed by atoms with Gasteiger partial charge in [-0.05, 0) is 18.5 Å². The molecule has 24 heavy (non-hydrogen) atoms. The van der Waals surface area contributed by atoms with Crippen molar-refractivity contribution in [3.05, 3.63) is 17.7 Å². The van der Waals surface area contributed by atoms with Crippen molar-refractivity contribution in [3.8, 4) is 17.2 Å². The van der Waals surface area contributed by atoms with Crippen molar-refractivity contribution in [2.45, 2.75) is 13.0 Å². The van der Waals surface area contributed by atoms with Crippen LogP contribution in [0.2, 0.25) is 0 Å². The van der Waals surface area contributed by atoms with Crippen molar-refractivity contribution >= 4 is 5.97 Å². The maximum atomic E-state index is 11.0. The second kappa shape index (κ2) is 8.75. The summed E-state index contributed by atoms with van der Waals surface area (Å²) < 4.78 is 16.3. The number of carboxylic acid groups (broad SMARTS) is 1. The van der Waals surface area contributed by atoms with Crippen LogP contribution >= 0.6 is 0 Å². The third-order valence-corrected chi connectivity index (χ3v) is 4.20. The summed E-state index contributed by atoms with van der Waals surface area (Å²) in [6.07, 6.45) is 0.173. The number of methoxy groups -OCH3 is 3. The Bertz CT molecular complexity index is 564. The molecule has 1 aliphatic rings. The van der Waals surface area contributed by atoms with Gasteiger partial charge in [-0.15, -0.1) is 0 Å². The average molecular weight is 338 g/mol. The van der Waals surface area contributed by atoms with Crippen molar-refractivity contribution in [1.82, 2.24) is 10.2 Å². The number of nitrogens with one attached hydrogen (secondary N) is 1. The molecule has 2 rings (SSSR count). The fraction of sp³-hybridized carbons (Fsp3) is 0.588. The molecule has 0 spiro atoms. The highest BCUT2D eigenvalue weighted by molar-refractivity contribution is 5.67. The molecule has 7 heteroatoms. The molecule has 0 amide bonds. The van der Waals surface area contributed by atoms with E-state index in [1.807, 2.05) is 12.1 Å². The van der Waals surface area contributed by atoms with Gasteiger partial charge in [-0.2, -0.15) is 0 Å².